The summed E-state index contributed by atoms with van der Waals surface area (Å²) in [6.45, 7) is 6.04. The summed E-state index contributed by atoms with van der Waals surface area (Å²) in [4.78, 5) is 25.0. The molecule has 0 saturated heterocycles. The second-order valence-electron chi connectivity index (χ2n) is 5.30. The van der Waals surface area contributed by atoms with Crippen LogP contribution in [0.1, 0.15) is 29.8 Å². The lowest BCUT2D eigenvalue weighted by Gasteiger charge is -2.18. The Labute approximate surface area is 119 Å². The lowest BCUT2D eigenvalue weighted by molar-refractivity contribution is -0.121. The third-order valence-corrected chi connectivity index (χ3v) is 2.86. The maximum atomic E-state index is 13.9. The zero-order valence-electron chi connectivity index (χ0n) is 12.4. The lowest BCUT2D eigenvalue weighted by Crippen LogP contribution is -2.39. The summed E-state index contributed by atoms with van der Waals surface area (Å²) >= 11 is 0. The molecule has 0 aliphatic carbocycles. The number of carbonyl (C=O) groups is 2. The first-order valence-corrected chi connectivity index (χ1v) is 6.60. The number of nitrogens with zero attached hydrogens (tertiary/aromatic N) is 1. The third-order valence-electron chi connectivity index (χ3n) is 2.86. The topological polar surface area (TPSA) is 49.4 Å². The molecule has 110 valence electrons. The van der Waals surface area contributed by atoms with Gasteiger partial charge in [-0.25, -0.2) is 4.39 Å². The second-order valence-corrected chi connectivity index (χ2v) is 5.30. The summed E-state index contributed by atoms with van der Waals surface area (Å²) in [5.74, 6) is -0.936. The Hall–Kier alpha value is -1.91. The van der Waals surface area contributed by atoms with Crippen LogP contribution in [-0.2, 0) is 4.79 Å². The average molecular weight is 280 g/mol. The van der Waals surface area contributed by atoms with E-state index in [-0.39, 0.29) is 18.0 Å². The van der Waals surface area contributed by atoms with Crippen molar-refractivity contribution in [2.24, 2.45) is 5.92 Å². The van der Waals surface area contributed by atoms with E-state index in [1.807, 2.05) is 13.8 Å². The summed E-state index contributed by atoms with van der Waals surface area (Å²) in [6, 6.07) is 4.65. The first-order valence-electron chi connectivity index (χ1n) is 6.60. The summed E-state index contributed by atoms with van der Waals surface area (Å²) in [6.07, 6.45) is 0. The van der Waals surface area contributed by atoms with Crippen molar-refractivity contribution in [3.05, 3.63) is 35.1 Å². The van der Waals surface area contributed by atoms with Crippen LogP contribution in [-0.4, -0.2) is 36.9 Å². The highest BCUT2D eigenvalue weighted by molar-refractivity contribution is 5.96. The van der Waals surface area contributed by atoms with Gasteiger partial charge in [0.2, 0.25) is 5.91 Å². The number of hydrogen-bond acceptors (Lipinski definition) is 2. The molecule has 0 unspecified atom stereocenters. The van der Waals surface area contributed by atoms with Crippen molar-refractivity contribution >= 4 is 11.8 Å². The number of carbonyl (C=O) groups excluding carboxylic acids is 2. The van der Waals surface area contributed by atoms with Crippen molar-refractivity contribution in [2.75, 3.05) is 20.1 Å². The van der Waals surface area contributed by atoms with E-state index in [1.54, 1.807) is 19.1 Å². The summed E-state index contributed by atoms with van der Waals surface area (Å²) in [5.41, 5.74) is 0.401. The Bertz CT molecular complexity index is 501. The molecular weight excluding hydrogens is 259 g/mol. The van der Waals surface area contributed by atoms with E-state index in [1.165, 1.54) is 18.0 Å². The van der Waals surface area contributed by atoms with Gasteiger partial charge in [-0.05, 0) is 24.5 Å². The highest BCUT2D eigenvalue weighted by Gasteiger charge is 2.19. The first kappa shape index (κ1) is 16.1. The number of rotatable bonds is 5. The molecule has 1 aromatic rings. The van der Waals surface area contributed by atoms with Crippen molar-refractivity contribution in [3.63, 3.8) is 0 Å². The maximum Gasteiger partial charge on any atom is 0.257 e. The zero-order chi connectivity index (χ0) is 15.3. The molecule has 0 bridgehead atoms. The number of benzene rings is 1. The number of likely N-dealkylation sites (N-methyl/N-ethyl adjacent to an activating group) is 1. The molecule has 4 nitrogen and oxygen atoms in total. The standard InChI is InChI=1S/C15H21FN2O2/c1-10(2)8-17-13(19)9-18(4)15(20)12-7-5-6-11(3)14(12)16/h5-7,10H,8-9H2,1-4H3,(H,17,19). The second kappa shape index (κ2) is 7.03. The van der Waals surface area contributed by atoms with Gasteiger partial charge in [-0.3, -0.25) is 9.59 Å². The minimum atomic E-state index is -0.535. The van der Waals surface area contributed by atoms with Gasteiger partial charge in [0.05, 0.1) is 12.1 Å². The highest BCUT2D eigenvalue weighted by Crippen LogP contribution is 2.13. The van der Waals surface area contributed by atoms with Crippen molar-refractivity contribution < 1.29 is 14.0 Å². The van der Waals surface area contributed by atoms with Crippen LogP contribution in [0, 0.1) is 18.7 Å². The maximum absolute atomic E-state index is 13.9. The Balaban J connectivity index is 2.67. The average Bonchev–Trinajstić information content (AvgIpc) is 2.38. The van der Waals surface area contributed by atoms with E-state index in [2.05, 4.69) is 5.32 Å². The van der Waals surface area contributed by atoms with E-state index in [4.69, 9.17) is 0 Å². The number of nitrogens with one attached hydrogen (secondary N) is 1. The van der Waals surface area contributed by atoms with Crippen LogP contribution in [0.3, 0.4) is 0 Å². The quantitative estimate of drug-likeness (QED) is 0.896. The minimum Gasteiger partial charge on any atom is -0.354 e. The molecule has 0 radical (unpaired) electrons. The van der Waals surface area contributed by atoms with E-state index in [0.717, 1.165) is 0 Å². The minimum absolute atomic E-state index is 0.0100. The van der Waals surface area contributed by atoms with Crippen LogP contribution in [0.15, 0.2) is 18.2 Å². The first-order chi connectivity index (χ1) is 9.32. The highest BCUT2D eigenvalue weighted by atomic mass is 19.1. The Morgan fingerprint density at radius 3 is 2.60 bits per heavy atom. The van der Waals surface area contributed by atoms with Crippen LogP contribution >= 0.6 is 0 Å². The Kier molecular flexibility index (Phi) is 5.67. The van der Waals surface area contributed by atoms with E-state index >= 15 is 0 Å². The number of hydrogen-bond donors (Lipinski definition) is 1. The molecule has 0 saturated carbocycles. The normalized spacial score (nSPS) is 10.5. The van der Waals surface area contributed by atoms with Gasteiger partial charge in [0.15, 0.2) is 0 Å². The fraction of sp³-hybridized carbons (Fsp3) is 0.467. The predicted molar refractivity (Wildman–Crippen MR) is 75.9 cm³/mol. The molecule has 20 heavy (non-hydrogen) atoms. The van der Waals surface area contributed by atoms with Gasteiger partial charge < -0.3 is 10.2 Å². The molecule has 1 N–H and O–H groups in total. The van der Waals surface area contributed by atoms with Gasteiger partial charge >= 0.3 is 0 Å². The Morgan fingerprint density at radius 1 is 1.35 bits per heavy atom. The van der Waals surface area contributed by atoms with Crippen molar-refractivity contribution in [2.45, 2.75) is 20.8 Å². The van der Waals surface area contributed by atoms with Crippen molar-refractivity contribution in [1.82, 2.24) is 10.2 Å². The summed E-state index contributed by atoms with van der Waals surface area (Å²) in [7, 11) is 1.49. The van der Waals surface area contributed by atoms with Gasteiger partial charge in [0.25, 0.3) is 5.91 Å². The zero-order valence-corrected chi connectivity index (χ0v) is 12.4. The fourth-order valence-electron chi connectivity index (χ4n) is 1.68. The molecule has 0 heterocycles. The molecule has 2 amide bonds. The van der Waals surface area contributed by atoms with Gasteiger partial charge in [0, 0.05) is 13.6 Å². The molecule has 0 aliphatic heterocycles. The monoisotopic (exact) mass is 280 g/mol. The fourth-order valence-corrected chi connectivity index (χ4v) is 1.68. The van der Waals surface area contributed by atoms with Crippen molar-refractivity contribution in [3.8, 4) is 0 Å². The van der Waals surface area contributed by atoms with Gasteiger partial charge in [-0.15, -0.1) is 0 Å². The number of aryl methyl sites for hydroxylation is 1. The molecule has 0 aromatic heterocycles. The van der Waals surface area contributed by atoms with Crippen LogP contribution in [0.4, 0.5) is 4.39 Å². The molecule has 0 aliphatic rings. The molecular formula is C15H21FN2O2. The van der Waals surface area contributed by atoms with Crippen LogP contribution in [0.25, 0.3) is 0 Å². The SMILES string of the molecule is Cc1cccc(C(=O)N(C)CC(=O)NCC(C)C)c1F. The van der Waals surface area contributed by atoms with E-state index in [9.17, 15) is 14.0 Å². The molecule has 0 spiro atoms. The van der Waals surface area contributed by atoms with Crippen LogP contribution in [0.2, 0.25) is 0 Å². The smallest absolute Gasteiger partial charge is 0.257 e. The van der Waals surface area contributed by atoms with Gasteiger partial charge in [-0.2, -0.15) is 0 Å². The van der Waals surface area contributed by atoms with Crippen LogP contribution in [0.5, 0.6) is 0 Å². The van der Waals surface area contributed by atoms with Crippen molar-refractivity contribution in [1.29, 1.82) is 0 Å². The third kappa shape index (κ3) is 4.33. The van der Waals surface area contributed by atoms with Crippen LogP contribution < -0.4 is 5.32 Å². The number of amides is 2. The molecule has 0 atom stereocenters. The molecule has 0 fully saturated rings. The van der Waals surface area contributed by atoms with Gasteiger partial charge in [0.1, 0.15) is 5.82 Å². The van der Waals surface area contributed by atoms with E-state index in [0.29, 0.717) is 18.0 Å². The van der Waals surface area contributed by atoms with E-state index < -0.39 is 11.7 Å². The lowest BCUT2D eigenvalue weighted by atomic mass is 10.1. The largest absolute Gasteiger partial charge is 0.354 e. The predicted octanol–water partition coefficient (Wildman–Crippen LogP) is 1.98. The summed E-state index contributed by atoms with van der Waals surface area (Å²) < 4.78 is 13.9. The molecule has 1 rings (SSSR count). The molecule has 1 aromatic carbocycles. The summed E-state index contributed by atoms with van der Waals surface area (Å²) in [5, 5.41) is 2.72. The van der Waals surface area contributed by atoms with Gasteiger partial charge in [-0.1, -0.05) is 26.0 Å². The number of halogens is 1. The molecule has 5 heteroatoms. The Morgan fingerprint density at radius 2 is 2.00 bits per heavy atom.